The number of ether oxygens (including phenoxy) is 1. The molecule has 0 radical (unpaired) electrons. The van der Waals surface area contributed by atoms with Gasteiger partial charge in [-0.3, -0.25) is 4.90 Å². The number of likely N-dealkylation sites (tertiary alicyclic amines) is 1. The lowest BCUT2D eigenvalue weighted by Gasteiger charge is -2.31. The molecule has 0 bridgehead atoms. The monoisotopic (exact) mass is 276 g/mol. The zero-order chi connectivity index (χ0) is 14.0. The van der Waals surface area contributed by atoms with E-state index in [-0.39, 0.29) is 0 Å². The van der Waals surface area contributed by atoms with Crippen molar-refractivity contribution in [2.45, 2.75) is 26.2 Å². The molecule has 0 unspecified atom stereocenters. The summed E-state index contributed by atoms with van der Waals surface area (Å²) in [6.07, 6.45) is 3.87. The summed E-state index contributed by atoms with van der Waals surface area (Å²) in [4.78, 5) is 2.53. The fraction of sp³-hybridized carbons (Fsp3) is 0.647. The molecule has 112 valence electrons. The number of hydrogen-bond acceptors (Lipinski definition) is 3. The normalized spacial score (nSPS) is 17.2. The molecule has 0 amide bonds. The van der Waals surface area contributed by atoms with E-state index in [0.29, 0.717) is 0 Å². The second-order valence-electron chi connectivity index (χ2n) is 5.65. The molecule has 0 aromatic heterocycles. The lowest BCUT2D eigenvalue weighted by Crippen LogP contribution is -2.39. The number of rotatable bonds is 8. The Morgan fingerprint density at radius 3 is 2.65 bits per heavy atom. The van der Waals surface area contributed by atoms with Crippen molar-refractivity contribution >= 4 is 0 Å². The molecule has 0 spiro atoms. The maximum Gasteiger partial charge on any atom is 0.119 e. The Morgan fingerprint density at radius 1 is 1.20 bits per heavy atom. The van der Waals surface area contributed by atoms with Crippen molar-refractivity contribution in [3.8, 4) is 5.75 Å². The van der Waals surface area contributed by atoms with E-state index in [2.05, 4.69) is 17.1 Å². The van der Waals surface area contributed by atoms with Crippen molar-refractivity contribution in [3.05, 3.63) is 30.3 Å². The van der Waals surface area contributed by atoms with Crippen LogP contribution < -0.4 is 10.1 Å². The first-order valence-corrected chi connectivity index (χ1v) is 7.99. The van der Waals surface area contributed by atoms with Crippen LogP contribution in [0.1, 0.15) is 26.2 Å². The minimum atomic E-state index is 0.794. The summed E-state index contributed by atoms with van der Waals surface area (Å²) in [6, 6.07) is 10.1. The van der Waals surface area contributed by atoms with Crippen molar-refractivity contribution < 1.29 is 4.74 Å². The molecular weight excluding hydrogens is 248 g/mol. The number of nitrogens with zero attached hydrogens (tertiary/aromatic N) is 1. The van der Waals surface area contributed by atoms with Gasteiger partial charge in [-0.1, -0.05) is 25.1 Å². The topological polar surface area (TPSA) is 24.5 Å². The van der Waals surface area contributed by atoms with Crippen LogP contribution in [0.25, 0.3) is 0 Å². The van der Waals surface area contributed by atoms with Crippen LogP contribution in [0, 0.1) is 5.92 Å². The quantitative estimate of drug-likeness (QED) is 0.739. The Balaban J connectivity index is 1.55. The van der Waals surface area contributed by atoms with E-state index >= 15 is 0 Å². The van der Waals surface area contributed by atoms with Gasteiger partial charge in [0.25, 0.3) is 0 Å². The van der Waals surface area contributed by atoms with Gasteiger partial charge in [-0.05, 0) is 63.5 Å². The lowest BCUT2D eigenvalue weighted by atomic mass is 9.97. The summed E-state index contributed by atoms with van der Waals surface area (Å²) in [5.41, 5.74) is 0. The Bertz CT molecular complexity index is 347. The van der Waals surface area contributed by atoms with Crippen LogP contribution in [-0.2, 0) is 0 Å². The number of benzene rings is 1. The number of piperidine rings is 1. The minimum Gasteiger partial charge on any atom is -0.492 e. The number of hydrogen-bond donors (Lipinski definition) is 1. The molecule has 1 fully saturated rings. The molecule has 3 nitrogen and oxygen atoms in total. The van der Waals surface area contributed by atoms with Gasteiger partial charge >= 0.3 is 0 Å². The van der Waals surface area contributed by atoms with E-state index in [1.165, 1.54) is 38.9 Å². The highest BCUT2D eigenvalue weighted by Crippen LogP contribution is 2.16. The zero-order valence-corrected chi connectivity index (χ0v) is 12.7. The third-order valence-electron chi connectivity index (χ3n) is 3.99. The van der Waals surface area contributed by atoms with Gasteiger partial charge in [0.1, 0.15) is 12.4 Å². The molecule has 1 saturated heterocycles. The fourth-order valence-corrected chi connectivity index (χ4v) is 2.71. The molecule has 0 saturated carbocycles. The maximum absolute atomic E-state index is 5.76. The maximum atomic E-state index is 5.76. The largest absolute Gasteiger partial charge is 0.492 e. The third kappa shape index (κ3) is 5.51. The molecule has 0 aliphatic carbocycles. The molecule has 1 aliphatic heterocycles. The van der Waals surface area contributed by atoms with E-state index in [1.54, 1.807) is 0 Å². The minimum absolute atomic E-state index is 0.794. The molecule has 2 rings (SSSR count). The van der Waals surface area contributed by atoms with Gasteiger partial charge in [-0.25, -0.2) is 0 Å². The summed E-state index contributed by atoms with van der Waals surface area (Å²) < 4.78 is 5.76. The second kappa shape index (κ2) is 8.98. The first-order valence-electron chi connectivity index (χ1n) is 7.99. The predicted octanol–water partition coefficient (Wildman–Crippen LogP) is 2.78. The van der Waals surface area contributed by atoms with Gasteiger partial charge in [0, 0.05) is 6.54 Å². The van der Waals surface area contributed by atoms with Crippen LogP contribution in [0.3, 0.4) is 0 Å². The predicted molar refractivity (Wildman–Crippen MR) is 84.3 cm³/mol. The Labute approximate surface area is 123 Å². The Kier molecular flexibility index (Phi) is 6.89. The van der Waals surface area contributed by atoms with Crippen molar-refractivity contribution in [3.63, 3.8) is 0 Å². The highest BCUT2D eigenvalue weighted by molar-refractivity contribution is 5.20. The highest BCUT2D eigenvalue weighted by atomic mass is 16.5. The van der Waals surface area contributed by atoms with Gasteiger partial charge in [0.15, 0.2) is 0 Å². The average molecular weight is 276 g/mol. The van der Waals surface area contributed by atoms with E-state index in [9.17, 15) is 0 Å². The number of nitrogens with one attached hydrogen (secondary N) is 1. The van der Waals surface area contributed by atoms with Crippen molar-refractivity contribution in [2.75, 3.05) is 39.3 Å². The first-order chi connectivity index (χ1) is 9.88. The summed E-state index contributed by atoms with van der Waals surface area (Å²) in [6.45, 7) is 8.86. The molecule has 20 heavy (non-hydrogen) atoms. The second-order valence-corrected chi connectivity index (χ2v) is 5.65. The molecule has 1 aliphatic rings. The van der Waals surface area contributed by atoms with Crippen LogP contribution in [0.2, 0.25) is 0 Å². The smallest absolute Gasteiger partial charge is 0.119 e. The number of para-hydroxylation sites is 1. The van der Waals surface area contributed by atoms with E-state index in [0.717, 1.165) is 31.4 Å². The molecule has 1 N–H and O–H groups in total. The third-order valence-corrected chi connectivity index (χ3v) is 3.99. The van der Waals surface area contributed by atoms with Crippen LogP contribution in [0.5, 0.6) is 5.75 Å². The molecule has 1 heterocycles. The van der Waals surface area contributed by atoms with Gasteiger partial charge in [0.2, 0.25) is 0 Å². The van der Waals surface area contributed by atoms with Gasteiger partial charge in [-0.2, -0.15) is 0 Å². The summed E-state index contributed by atoms with van der Waals surface area (Å²) in [5, 5.41) is 3.54. The SMILES string of the molecule is CCCNCC1CCN(CCOc2ccccc2)CC1. The highest BCUT2D eigenvalue weighted by Gasteiger charge is 2.18. The van der Waals surface area contributed by atoms with E-state index in [1.807, 2.05) is 30.3 Å². The lowest BCUT2D eigenvalue weighted by molar-refractivity contribution is 0.154. The zero-order valence-electron chi connectivity index (χ0n) is 12.7. The van der Waals surface area contributed by atoms with Crippen LogP contribution in [0.4, 0.5) is 0 Å². The standard InChI is InChI=1S/C17H28N2O/c1-2-10-18-15-16-8-11-19(12-9-16)13-14-20-17-6-4-3-5-7-17/h3-7,16,18H,2,8-15H2,1H3. The van der Waals surface area contributed by atoms with Crippen molar-refractivity contribution in [2.24, 2.45) is 5.92 Å². The van der Waals surface area contributed by atoms with Gasteiger partial charge in [0.05, 0.1) is 0 Å². The van der Waals surface area contributed by atoms with Gasteiger partial charge in [-0.15, -0.1) is 0 Å². The van der Waals surface area contributed by atoms with Crippen LogP contribution in [0.15, 0.2) is 30.3 Å². The Morgan fingerprint density at radius 2 is 1.95 bits per heavy atom. The molecule has 1 aromatic rings. The summed E-state index contributed by atoms with van der Waals surface area (Å²) in [5.74, 6) is 1.85. The van der Waals surface area contributed by atoms with Crippen LogP contribution >= 0.6 is 0 Å². The first kappa shape index (κ1) is 15.3. The molecular formula is C17H28N2O. The average Bonchev–Trinajstić information content (AvgIpc) is 2.50. The molecule has 1 aromatic carbocycles. The molecule has 3 heteroatoms. The summed E-state index contributed by atoms with van der Waals surface area (Å²) in [7, 11) is 0. The van der Waals surface area contributed by atoms with Crippen molar-refractivity contribution in [1.29, 1.82) is 0 Å². The van der Waals surface area contributed by atoms with E-state index < -0.39 is 0 Å². The fourth-order valence-electron chi connectivity index (χ4n) is 2.71. The van der Waals surface area contributed by atoms with Crippen molar-refractivity contribution in [1.82, 2.24) is 10.2 Å². The Hall–Kier alpha value is -1.06. The van der Waals surface area contributed by atoms with E-state index in [4.69, 9.17) is 4.74 Å². The summed E-state index contributed by atoms with van der Waals surface area (Å²) >= 11 is 0. The van der Waals surface area contributed by atoms with Crippen LogP contribution in [-0.4, -0.2) is 44.2 Å². The molecule has 0 atom stereocenters. The van der Waals surface area contributed by atoms with Gasteiger partial charge < -0.3 is 10.1 Å².